The number of benzene rings is 1. The summed E-state index contributed by atoms with van der Waals surface area (Å²) < 4.78 is 27.7. The van der Waals surface area contributed by atoms with Crippen molar-refractivity contribution < 1.29 is 8.42 Å². The predicted molar refractivity (Wildman–Crippen MR) is 80.2 cm³/mol. The lowest BCUT2D eigenvalue weighted by Gasteiger charge is -2.18. The van der Waals surface area contributed by atoms with E-state index in [-0.39, 0.29) is 6.04 Å². The molecule has 1 rings (SSSR count). The number of nitrogens with one attached hydrogen (secondary N) is 2. The van der Waals surface area contributed by atoms with Crippen molar-refractivity contribution in [2.45, 2.75) is 51.5 Å². The highest BCUT2D eigenvalue weighted by Gasteiger charge is 2.22. The Labute approximate surface area is 116 Å². The van der Waals surface area contributed by atoms with E-state index in [4.69, 9.17) is 0 Å². The molecule has 0 spiro atoms. The predicted octanol–water partition coefficient (Wildman–Crippen LogP) is 2.81. The standard InChI is InChI=1S/C14H24N2O2S/c1-6-12(7-2)16-19(17,18)14-10(3)8-13(15-5)9-11(14)4/h8-9,12,15-16H,6-7H2,1-5H3. The van der Waals surface area contributed by atoms with E-state index in [1.807, 2.05) is 46.9 Å². The first-order valence-electron chi connectivity index (χ1n) is 6.67. The molecule has 0 aliphatic carbocycles. The van der Waals surface area contributed by atoms with Crippen LogP contribution in [0, 0.1) is 13.8 Å². The molecule has 0 saturated heterocycles. The van der Waals surface area contributed by atoms with Gasteiger partial charge in [0.05, 0.1) is 4.90 Å². The van der Waals surface area contributed by atoms with Crippen molar-refractivity contribution in [3.8, 4) is 0 Å². The Bertz CT molecular complexity index is 511. The van der Waals surface area contributed by atoms with Crippen LogP contribution in [0.15, 0.2) is 17.0 Å². The Morgan fingerprint density at radius 1 is 1.11 bits per heavy atom. The number of hydrogen-bond donors (Lipinski definition) is 2. The third-order valence-corrected chi connectivity index (χ3v) is 5.15. The van der Waals surface area contributed by atoms with E-state index in [1.54, 1.807) is 0 Å². The summed E-state index contributed by atoms with van der Waals surface area (Å²) in [4.78, 5) is 0.401. The van der Waals surface area contributed by atoms with Gasteiger partial charge in [-0.15, -0.1) is 0 Å². The van der Waals surface area contributed by atoms with E-state index >= 15 is 0 Å². The molecule has 0 heterocycles. The van der Waals surface area contributed by atoms with Crippen LogP contribution < -0.4 is 10.0 Å². The van der Waals surface area contributed by atoms with Crippen LogP contribution in [-0.2, 0) is 10.0 Å². The SMILES string of the molecule is CCC(CC)NS(=O)(=O)c1c(C)cc(NC)cc1C. The van der Waals surface area contributed by atoms with Gasteiger partial charge in [0, 0.05) is 18.8 Å². The second-order valence-corrected chi connectivity index (χ2v) is 6.47. The van der Waals surface area contributed by atoms with Crippen molar-refractivity contribution in [2.24, 2.45) is 0 Å². The molecule has 2 N–H and O–H groups in total. The fourth-order valence-corrected chi connectivity index (χ4v) is 4.11. The Balaban J connectivity index is 3.22. The molecule has 0 unspecified atom stereocenters. The number of hydrogen-bond acceptors (Lipinski definition) is 3. The van der Waals surface area contributed by atoms with Gasteiger partial charge in [0.1, 0.15) is 0 Å². The number of aryl methyl sites for hydroxylation is 2. The van der Waals surface area contributed by atoms with Crippen LogP contribution in [0.25, 0.3) is 0 Å². The van der Waals surface area contributed by atoms with Gasteiger partial charge in [0.25, 0.3) is 0 Å². The number of rotatable bonds is 6. The van der Waals surface area contributed by atoms with Crippen molar-refractivity contribution in [1.82, 2.24) is 4.72 Å². The highest BCUT2D eigenvalue weighted by atomic mass is 32.2. The fourth-order valence-electron chi connectivity index (χ4n) is 2.25. The van der Waals surface area contributed by atoms with Crippen LogP contribution in [0.2, 0.25) is 0 Å². The van der Waals surface area contributed by atoms with E-state index in [9.17, 15) is 8.42 Å². The van der Waals surface area contributed by atoms with Crippen LogP contribution in [-0.4, -0.2) is 21.5 Å². The zero-order valence-electron chi connectivity index (χ0n) is 12.4. The van der Waals surface area contributed by atoms with Crippen molar-refractivity contribution in [2.75, 3.05) is 12.4 Å². The smallest absolute Gasteiger partial charge is 0.241 e. The van der Waals surface area contributed by atoms with E-state index in [0.717, 1.165) is 29.7 Å². The maximum Gasteiger partial charge on any atom is 0.241 e. The average molecular weight is 284 g/mol. The van der Waals surface area contributed by atoms with Gasteiger partial charge in [-0.3, -0.25) is 0 Å². The summed E-state index contributed by atoms with van der Waals surface area (Å²) in [7, 11) is -1.62. The Hall–Kier alpha value is -1.07. The summed E-state index contributed by atoms with van der Waals surface area (Å²) in [5, 5.41) is 3.04. The van der Waals surface area contributed by atoms with E-state index < -0.39 is 10.0 Å². The minimum atomic E-state index is -3.45. The third kappa shape index (κ3) is 3.70. The molecule has 0 atom stereocenters. The molecule has 4 nitrogen and oxygen atoms in total. The van der Waals surface area contributed by atoms with Crippen LogP contribution >= 0.6 is 0 Å². The molecule has 0 aromatic heterocycles. The molecule has 0 aliphatic heterocycles. The lowest BCUT2D eigenvalue weighted by atomic mass is 10.1. The molecule has 1 aromatic carbocycles. The van der Waals surface area contributed by atoms with Crippen molar-refractivity contribution >= 4 is 15.7 Å². The number of anilines is 1. The van der Waals surface area contributed by atoms with Crippen molar-refractivity contribution in [1.29, 1.82) is 0 Å². The quantitative estimate of drug-likeness (QED) is 0.844. The highest BCUT2D eigenvalue weighted by molar-refractivity contribution is 7.89. The van der Waals surface area contributed by atoms with Crippen LogP contribution in [0.5, 0.6) is 0 Å². The first-order valence-corrected chi connectivity index (χ1v) is 8.15. The summed E-state index contributed by atoms with van der Waals surface area (Å²) >= 11 is 0. The first kappa shape index (κ1) is 16.0. The zero-order valence-corrected chi connectivity index (χ0v) is 13.2. The van der Waals surface area contributed by atoms with Crippen molar-refractivity contribution in [3.05, 3.63) is 23.3 Å². The molecule has 0 radical (unpaired) electrons. The fraction of sp³-hybridized carbons (Fsp3) is 0.571. The topological polar surface area (TPSA) is 58.2 Å². The molecule has 19 heavy (non-hydrogen) atoms. The van der Waals surface area contributed by atoms with Crippen LogP contribution in [0.3, 0.4) is 0 Å². The van der Waals surface area contributed by atoms with Crippen LogP contribution in [0.4, 0.5) is 5.69 Å². The molecule has 1 aromatic rings. The Kier molecular flexibility index (Phi) is 5.38. The minimum absolute atomic E-state index is 0.00669. The lowest BCUT2D eigenvalue weighted by molar-refractivity contribution is 0.529. The van der Waals surface area contributed by atoms with E-state index in [0.29, 0.717) is 4.90 Å². The maximum absolute atomic E-state index is 12.5. The average Bonchev–Trinajstić information content (AvgIpc) is 2.34. The molecule has 0 bridgehead atoms. The van der Waals surface area contributed by atoms with E-state index in [1.165, 1.54) is 0 Å². The van der Waals surface area contributed by atoms with Gasteiger partial charge in [0.15, 0.2) is 0 Å². The summed E-state index contributed by atoms with van der Waals surface area (Å²) in [5.74, 6) is 0. The Morgan fingerprint density at radius 3 is 1.95 bits per heavy atom. The van der Waals surface area contributed by atoms with Gasteiger partial charge >= 0.3 is 0 Å². The molecule has 0 amide bonds. The molecule has 0 fully saturated rings. The monoisotopic (exact) mass is 284 g/mol. The largest absolute Gasteiger partial charge is 0.388 e. The van der Waals surface area contributed by atoms with Gasteiger partial charge in [-0.05, 0) is 49.9 Å². The minimum Gasteiger partial charge on any atom is -0.388 e. The van der Waals surface area contributed by atoms with Gasteiger partial charge in [-0.25, -0.2) is 13.1 Å². The molecule has 0 saturated carbocycles. The summed E-state index contributed by atoms with van der Waals surface area (Å²) in [6, 6.07) is 3.70. The van der Waals surface area contributed by atoms with Gasteiger partial charge < -0.3 is 5.32 Å². The summed E-state index contributed by atoms with van der Waals surface area (Å²) in [5.41, 5.74) is 2.46. The molecule has 5 heteroatoms. The van der Waals surface area contributed by atoms with Gasteiger partial charge in [0.2, 0.25) is 10.0 Å². The second-order valence-electron chi connectivity index (χ2n) is 4.82. The third-order valence-electron chi connectivity index (χ3n) is 3.33. The van der Waals surface area contributed by atoms with Crippen LogP contribution in [0.1, 0.15) is 37.8 Å². The molecule has 0 aliphatic rings. The number of sulfonamides is 1. The molecular weight excluding hydrogens is 260 g/mol. The normalized spacial score (nSPS) is 11.9. The van der Waals surface area contributed by atoms with Crippen molar-refractivity contribution in [3.63, 3.8) is 0 Å². The zero-order chi connectivity index (χ0) is 14.6. The second kappa shape index (κ2) is 6.39. The summed E-state index contributed by atoms with van der Waals surface area (Å²) in [6.45, 7) is 7.63. The maximum atomic E-state index is 12.5. The molecular formula is C14H24N2O2S. The molecule has 108 valence electrons. The van der Waals surface area contributed by atoms with E-state index in [2.05, 4.69) is 10.0 Å². The van der Waals surface area contributed by atoms with Gasteiger partial charge in [-0.1, -0.05) is 13.8 Å². The Morgan fingerprint density at radius 2 is 1.58 bits per heavy atom. The lowest BCUT2D eigenvalue weighted by Crippen LogP contribution is -2.34. The first-order chi connectivity index (χ1) is 8.85. The highest BCUT2D eigenvalue weighted by Crippen LogP contribution is 2.24. The summed E-state index contributed by atoms with van der Waals surface area (Å²) in [6.07, 6.45) is 1.59. The van der Waals surface area contributed by atoms with Gasteiger partial charge in [-0.2, -0.15) is 0 Å².